The normalized spacial score (nSPS) is 13.4. The number of carbonyl (C=O) groups is 2. The highest BCUT2D eigenvalue weighted by Crippen LogP contribution is 2.14. The zero-order chi connectivity index (χ0) is 18.9. The van der Waals surface area contributed by atoms with Crippen molar-refractivity contribution in [3.05, 3.63) is 48.0 Å². The fourth-order valence-corrected chi connectivity index (χ4v) is 2.87. The topological polar surface area (TPSA) is 37.4 Å². The lowest BCUT2D eigenvalue weighted by molar-refractivity contribution is -0.0987. The first-order valence-electron chi connectivity index (χ1n) is 9.05. The number of rotatable bonds is 3. The van der Waals surface area contributed by atoms with Crippen molar-refractivity contribution in [3.8, 4) is 0 Å². The van der Waals surface area contributed by atoms with Crippen LogP contribution in [0.2, 0.25) is 0 Å². The van der Waals surface area contributed by atoms with Gasteiger partial charge in [-0.05, 0) is 56.6 Å². The van der Waals surface area contributed by atoms with E-state index in [4.69, 9.17) is 9.59 Å². The molecule has 1 fully saturated rings. The molecule has 138 valence electrons. The molecule has 0 spiro atoms. The number of carbonyl (C=O) groups excluding carboxylic acids is 2. The molecule has 0 radical (unpaired) electrons. The van der Waals surface area contributed by atoms with Crippen molar-refractivity contribution in [2.45, 2.75) is 46.0 Å². The smallest absolute Gasteiger partial charge is 0.106 e. The molecule has 2 aromatic rings. The summed E-state index contributed by atoms with van der Waals surface area (Å²) in [5.74, 6) is 0. The summed E-state index contributed by atoms with van der Waals surface area (Å²) < 4.78 is 0. The Morgan fingerprint density at radius 2 is 1.48 bits per heavy atom. The monoisotopic (exact) mass is 343 g/mol. The number of benzene rings is 2. The van der Waals surface area contributed by atoms with Gasteiger partial charge in [0.15, 0.2) is 0 Å². The molecule has 1 aliphatic heterocycles. The maximum atomic E-state index is 8.00. The van der Waals surface area contributed by atoms with Gasteiger partial charge in [0, 0.05) is 0 Å². The molecule has 1 heterocycles. The summed E-state index contributed by atoms with van der Waals surface area (Å²) in [5, 5.41) is 2.64. The van der Waals surface area contributed by atoms with Gasteiger partial charge in [-0.2, -0.15) is 0 Å². The Morgan fingerprint density at radius 1 is 0.880 bits per heavy atom. The summed E-state index contributed by atoms with van der Waals surface area (Å²) in [6.07, 6.45) is 7.06. The number of hydrogen-bond acceptors (Lipinski definition) is 3. The third kappa shape index (κ3) is 9.78. The molecule has 3 nitrogen and oxygen atoms in total. The maximum Gasteiger partial charge on any atom is 0.106 e. The number of likely N-dealkylation sites (tertiary alicyclic amines) is 1. The van der Waals surface area contributed by atoms with E-state index in [1.54, 1.807) is 0 Å². The summed E-state index contributed by atoms with van der Waals surface area (Å²) in [6, 6.07) is 14.9. The predicted molar refractivity (Wildman–Crippen MR) is 108 cm³/mol. The molecular weight excluding hydrogens is 310 g/mol. The molecule has 1 saturated heterocycles. The van der Waals surface area contributed by atoms with Crippen LogP contribution in [0.25, 0.3) is 10.8 Å². The van der Waals surface area contributed by atoms with Gasteiger partial charge in [0.2, 0.25) is 0 Å². The second-order valence-electron chi connectivity index (χ2n) is 6.11. The lowest BCUT2D eigenvalue weighted by Crippen LogP contribution is -2.30. The number of fused-ring (bicyclic) bond motifs is 1. The molecule has 0 aromatic heterocycles. The van der Waals surface area contributed by atoms with Crippen LogP contribution in [0.15, 0.2) is 42.5 Å². The van der Waals surface area contributed by atoms with Gasteiger partial charge in [-0.25, -0.2) is 0 Å². The van der Waals surface area contributed by atoms with Gasteiger partial charge in [-0.3, -0.25) is 0 Å². The van der Waals surface area contributed by atoms with Crippen molar-refractivity contribution < 1.29 is 9.59 Å². The molecule has 2 aromatic carbocycles. The van der Waals surface area contributed by atoms with Gasteiger partial charge in [-0.15, -0.1) is 0 Å². The zero-order valence-electron chi connectivity index (χ0n) is 15.9. The Bertz CT molecular complexity index is 563. The van der Waals surface area contributed by atoms with E-state index in [1.807, 2.05) is 13.6 Å². The van der Waals surface area contributed by atoms with E-state index in [2.05, 4.69) is 61.2 Å². The quantitative estimate of drug-likeness (QED) is 0.782. The highest BCUT2D eigenvalue weighted by molar-refractivity contribution is 5.82. The average molecular weight is 344 g/mol. The molecule has 0 N–H and O–H groups in total. The number of unbranched alkanes of at least 4 members (excludes halogenated alkanes) is 1. The Morgan fingerprint density at radius 3 is 2.08 bits per heavy atom. The first-order chi connectivity index (χ1) is 12.3. The summed E-state index contributed by atoms with van der Waals surface area (Å²) >= 11 is 0. The molecule has 0 aliphatic carbocycles. The van der Waals surface area contributed by atoms with Crippen molar-refractivity contribution in [2.24, 2.45) is 0 Å². The number of hydrogen-bond donors (Lipinski definition) is 0. The minimum absolute atomic E-state index is 1.32. The van der Waals surface area contributed by atoms with Crippen LogP contribution < -0.4 is 0 Å². The Balaban J connectivity index is 0.000000387. The largest absolute Gasteiger partial charge is 0.307 e. The molecule has 0 atom stereocenters. The summed E-state index contributed by atoms with van der Waals surface area (Å²) in [5.41, 5.74) is 1.32. The first-order valence-corrected chi connectivity index (χ1v) is 9.05. The third-order valence-electron chi connectivity index (χ3n) is 4.18. The lowest BCUT2D eigenvalue weighted by Gasteiger charge is -2.25. The highest BCUT2D eigenvalue weighted by Gasteiger charge is 2.07. The molecule has 25 heavy (non-hydrogen) atoms. The Kier molecular flexibility index (Phi) is 14.3. The van der Waals surface area contributed by atoms with Gasteiger partial charge in [0.1, 0.15) is 13.6 Å². The van der Waals surface area contributed by atoms with E-state index in [-0.39, 0.29) is 0 Å². The van der Waals surface area contributed by atoms with E-state index >= 15 is 0 Å². The lowest BCUT2D eigenvalue weighted by atomic mass is 10.1. The van der Waals surface area contributed by atoms with E-state index in [0.29, 0.717) is 0 Å². The molecule has 0 unspecified atom stereocenters. The average Bonchev–Trinajstić information content (AvgIpc) is 2.70. The van der Waals surface area contributed by atoms with Gasteiger partial charge >= 0.3 is 0 Å². The number of piperidine rings is 1. The van der Waals surface area contributed by atoms with Crippen LogP contribution in [0.4, 0.5) is 0 Å². The van der Waals surface area contributed by atoms with Crippen LogP contribution in [-0.4, -0.2) is 38.1 Å². The number of aryl methyl sites for hydroxylation is 1. The van der Waals surface area contributed by atoms with Gasteiger partial charge in [0.25, 0.3) is 0 Å². The van der Waals surface area contributed by atoms with E-state index in [9.17, 15) is 0 Å². The Labute approximate surface area is 153 Å². The minimum atomic E-state index is 1.32. The van der Waals surface area contributed by atoms with E-state index in [1.165, 1.54) is 68.1 Å². The van der Waals surface area contributed by atoms with E-state index < -0.39 is 0 Å². The van der Waals surface area contributed by atoms with Crippen LogP contribution >= 0.6 is 0 Å². The fraction of sp³-hybridized carbons (Fsp3) is 0.455. The zero-order valence-corrected chi connectivity index (χ0v) is 15.9. The molecular formula is C22H33NO2. The summed E-state index contributed by atoms with van der Waals surface area (Å²) in [4.78, 5) is 18.6. The third-order valence-corrected chi connectivity index (χ3v) is 4.18. The van der Waals surface area contributed by atoms with Crippen LogP contribution in [0.3, 0.4) is 0 Å². The van der Waals surface area contributed by atoms with Gasteiger partial charge in [-0.1, -0.05) is 67.8 Å². The fourth-order valence-electron chi connectivity index (χ4n) is 2.87. The van der Waals surface area contributed by atoms with Crippen molar-refractivity contribution in [2.75, 3.05) is 19.6 Å². The van der Waals surface area contributed by atoms with Crippen molar-refractivity contribution in [1.29, 1.82) is 0 Å². The van der Waals surface area contributed by atoms with Crippen molar-refractivity contribution >= 4 is 24.4 Å². The van der Waals surface area contributed by atoms with Gasteiger partial charge in [0.05, 0.1) is 0 Å². The highest BCUT2D eigenvalue weighted by atomic mass is 16.1. The van der Waals surface area contributed by atoms with Gasteiger partial charge < -0.3 is 14.5 Å². The minimum Gasteiger partial charge on any atom is -0.307 e. The second kappa shape index (κ2) is 15.5. The summed E-state index contributed by atoms with van der Waals surface area (Å²) in [7, 11) is 0. The molecule has 1 aliphatic rings. The number of nitrogens with zero attached hydrogens (tertiary/aromatic N) is 1. The first kappa shape index (κ1) is 23.0. The Hall–Kier alpha value is -2.00. The van der Waals surface area contributed by atoms with E-state index in [0.717, 1.165) is 0 Å². The van der Waals surface area contributed by atoms with Crippen LogP contribution in [0, 0.1) is 6.92 Å². The predicted octanol–water partition coefficient (Wildman–Crippen LogP) is 5.05. The molecule has 0 amide bonds. The second-order valence-corrected chi connectivity index (χ2v) is 6.11. The van der Waals surface area contributed by atoms with Crippen LogP contribution in [-0.2, 0) is 9.59 Å². The SMILES string of the molecule is C=O.C=O.CCCCN1CCCCC1.Cc1ccc2ccccc2c1. The van der Waals surface area contributed by atoms with Crippen molar-refractivity contribution in [1.82, 2.24) is 4.90 Å². The summed E-state index contributed by atoms with van der Waals surface area (Å²) in [6.45, 7) is 12.5. The maximum absolute atomic E-state index is 8.00. The molecule has 0 bridgehead atoms. The van der Waals surface area contributed by atoms with Crippen LogP contribution in [0.1, 0.15) is 44.6 Å². The molecule has 3 heteroatoms. The van der Waals surface area contributed by atoms with Crippen molar-refractivity contribution in [3.63, 3.8) is 0 Å². The standard InChI is InChI=1S/C11H10.C9H19N.2CH2O/c1-9-6-7-10-4-2-3-5-11(10)8-9;1-2-3-7-10-8-5-4-6-9-10;2*1-2/h2-8H,1H3;2-9H2,1H3;2*1H2. The molecule has 3 rings (SSSR count). The van der Waals surface area contributed by atoms with Crippen LogP contribution in [0.5, 0.6) is 0 Å². The molecule has 0 saturated carbocycles.